The standard InChI is InChI=1S/C14H19ClN2O4S.ClH/c1-21-14(18)12-3-2-11(8-13(12)15)22(19,20)17-7-5-10-4-6-16-9-10;/h2-3,8,10,16-17H,4-7,9H2,1H3;1H. The van der Waals surface area contributed by atoms with E-state index in [0.717, 1.165) is 25.9 Å². The van der Waals surface area contributed by atoms with Crippen LogP contribution in [-0.2, 0) is 14.8 Å². The molecular formula is C14H20Cl2N2O4S. The lowest BCUT2D eigenvalue weighted by Crippen LogP contribution is -2.26. The molecule has 1 aromatic carbocycles. The Morgan fingerprint density at radius 1 is 1.48 bits per heavy atom. The highest BCUT2D eigenvalue weighted by Gasteiger charge is 2.19. The van der Waals surface area contributed by atoms with Crippen LogP contribution in [0.15, 0.2) is 23.1 Å². The molecule has 1 fully saturated rings. The number of carbonyl (C=O) groups is 1. The SMILES string of the molecule is COC(=O)c1ccc(S(=O)(=O)NCCC2CCNC2)cc1Cl.Cl. The molecule has 2 rings (SSSR count). The van der Waals surface area contributed by atoms with Crippen molar-refractivity contribution in [3.63, 3.8) is 0 Å². The third kappa shape index (κ3) is 5.32. The Kier molecular flexibility index (Phi) is 7.76. The molecule has 23 heavy (non-hydrogen) atoms. The maximum atomic E-state index is 12.2. The van der Waals surface area contributed by atoms with Crippen LogP contribution in [-0.4, -0.2) is 41.1 Å². The second kappa shape index (κ2) is 8.84. The van der Waals surface area contributed by atoms with Crippen LogP contribution in [0.1, 0.15) is 23.2 Å². The molecule has 1 saturated heterocycles. The lowest BCUT2D eigenvalue weighted by atomic mass is 10.1. The van der Waals surface area contributed by atoms with Gasteiger partial charge in [0.15, 0.2) is 0 Å². The van der Waals surface area contributed by atoms with Crippen molar-refractivity contribution in [1.29, 1.82) is 0 Å². The molecule has 9 heteroatoms. The minimum atomic E-state index is -3.63. The first-order valence-electron chi connectivity index (χ1n) is 7.02. The van der Waals surface area contributed by atoms with Crippen LogP contribution in [0.2, 0.25) is 5.02 Å². The number of nitrogens with one attached hydrogen (secondary N) is 2. The Hall–Kier alpha value is -0.860. The quantitative estimate of drug-likeness (QED) is 0.733. The van der Waals surface area contributed by atoms with E-state index in [4.69, 9.17) is 11.6 Å². The summed E-state index contributed by atoms with van der Waals surface area (Å²) in [4.78, 5) is 11.5. The van der Waals surface area contributed by atoms with Crippen LogP contribution in [0.4, 0.5) is 0 Å². The number of rotatable bonds is 6. The van der Waals surface area contributed by atoms with Crippen molar-refractivity contribution < 1.29 is 17.9 Å². The molecule has 6 nitrogen and oxygen atoms in total. The van der Waals surface area contributed by atoms with E-state index >= 15 is 0 Å². The number of carbonyl (C=O) groups excluding carboxylic acids is 1. The van der Waals surface area contributed by atoms with Gasteiger partial charge in [-0.3, -0.25) is 0 Å². The zero-order valence-electron chi connectivity index (χ0n) is 12.7. The summed E-state index contributed by atoms with van der Waals surface area (Å²) >= 11 is 5.95. The van der Waals surface area contributed by atoms with Crippen LogP contribution in [0, 0.1) is 5.92 Å². The molecule has 1 aliphatic rings. The van der Waals surface area contributed by atoms with E-state index in [0.29, 0.717) is 12.5 Å². The predicted octanol–water partition coefficient (Wildman–Crippen LogP) is 1.83. The number of hydrogen-bond donors (Lipinski definition) is 2. The first kappa shape index (κ1) is 20.2. The summed E-state index contributed by atoms with van der Waals surface area (Å²) < 4.78 is 31.5. The fraction of sp³-hybridized carbons (Fsp3) is 0.500. The van der Waals surface area contributed by atoms with Crippen LogP contribution in [0.5, 0.6) is 0 Å². The van der Waals surface area contributed by atoms with E-state index < -0.39 is 16.0 Å². The molecule has 0 radical (unpaired) electrons. The van der Waals surface area contributed by atoms with Gasteiger partial charge in [0.2, 0.25) is 10.0 Å². The highest BCUT2D eigenvalue weighted by Crippen LogP contribution is 2.21. The molecular weight excluding hydrogens is 363 g/mol. The van der Waals surface area contributed by atoms with Gasteiger partial charge in [-0.1, -0.05) is 11.6 Å². The smallest absolute Gasteiger partial charge is 0.339 e. The molecule has 0 aliphatic carbocycles. The lowest BCUT2D eigenvalue weighted by molar-refractivity contribution is 0.0601. The third-order valence-electron chi connectivity index (χ3n) is 3.66. The third-order valence-corrected chi connectivity index (χ3v) is 5.43. The van der Waals surface area contributed by atoms with Crippen molar-refractivity contribution in [1.82, 2.24) is 10.0 Å². The normalized spacial score (nSPS) is 17.6. The molecule has 1 atom stereocenters. The van der Waals surface area contributed by atoms with Crippen LogP contribution >= 0.6 is 24.0 Å². The summed E-state index contributed by atoms with van der Waals surface area (Å²) in [5.41, 5.74) is 0.139. The van der Waals surface area contributed by atoms with E-state index in [2.05, 4.69) is 14.8 Å². The average molecular weight is 383 g/mol. The average Bonchev–Trinajstić information content (AvgIpc) is 2.99. The second-order valence-electron chi connectivity index (χ2n) is 5.18. The van der Waals surface area contributed by atoms with Gasteiger partial charge in [0.05, 0.1) is 22.6 Å². The fourth-order valence-electron chi connectivity index (χ4n) is 2.38. The van der Waals surface area contributed by atoms with Gasteiger partial charge < -0.3 is 10.1 Å². The van der Waals surface area contributed by atoms with E-state index in [9.17, 15) is 13.2 Å². The van der Waals surface area contributed by atoms with E-state index in [-0.39, 0.29) is 27.9 Å². The number of hydrogen-bond acceptors (Lipinski definition) is 5. The van der Waals surface area contributed by atoms with Gasteiger partial charge in [0, 0.05) is 6.54 Å². The van der Waals surface area contributed by atoms with Crippen LogP contribution in [0.3, 0.4) is 0 Å². The van der Waals surface area contributed by atoms with Crippen molar-refractivity contribution in [2.75, 3.05) is 26.7 Å². The predicted molar refractivity (Wildman–Crippen MR) is 90.8 cm³/mol. The molecule has 0 amide bonds. The van der Waals surface area contributed by atoms with E-state index in [1.165, 1.54) is 25.3 Å². The molecule has 1 heterocycles. The number of esters is 1. The van der Waals surface area contributed by atoms with Gasteiger partial charge in [0.25, 0.3) is 0 Å². The maximum Gasteiger partial charge on any atom is 0.339 e. The topological polar surface area (TPSA) is 84.5 Å². The van der Waals surface area contributed by atoms with E-state index in [1.807, 2.05) is 0 Å². The monoisotopic (exact) mass is 382 g/mol. The minimum Gasteiger partial charge on any atom is -0.465 e. The highest BCUT2D eigenvalue weighted by molar-refractivity contribution is 7.89. The molecule has 1 unspecified atom stereocenters. The molecule has 1 aliphatic heterocycles. The number of benzene rings is 1. The van der Waals surface area contributed by atoms with Gasteiger partial charge in [-0.05, 0) is 50.0 Å². The lowest BCUT2D eigenvalue weighted by Gasteiger charge is -2.11. The fourth-order valence-corrected chi connectivity index (χ4v) is 3.78. The molecule has 2 N–H and O–H groups in total. The molecule has 1 aromatic rings. The Bertz CT molecular complexity index is 646. The zero-order valence-corrected chi connectivity index (χ0v) is 15.1. The first-order valence-corrected chi connectivity index (χ1v) is 8.88. The van der Waals surface area contributed by atoms with Crippen molar-refractivity contribution in [3.05, 3.63) is 28.8 Å². The summed E-state index contributed by atoms with van der Waals surface area (Å²) in [6.07, 6.45) is 1.86. The van der Waals surface area contributed by atoms with Crippen molar-refractivity contribution in [2.45, 2.75) is 17.7 Å². The number of halogens is 2. The highest BCUT2D eigenvalue weighted by atomic mass is 35.5. The minimum absolute atomic E-state index is 0. The Balaban J connectivity index is 0.00000264. The number of methoxy groups -OCH3 is 1. The van der Waals surface area contributed by atoms with Crippen molar-refractivity contribution >= 4 is 40.0 Å². The Morgan fingerprint density at radius 3 is 2.78 bits per heavy atom. The van der Waals surface area contributed by atoms with Gasteiger partial charge in [0.1, 0.15) is 0 Å². The molecule has 130 valence electrons. The van der Waals surface area contributed by atoms with Crippen LogP contribution in [0.25, 0.3) is 0 Å². The van der Waals surface area contributed by atoms with Crippen LogP contribution < -0.4 is 10.0 Å². The summed E-state index contributed by atoms with van der Waals surface area (Å²) in [5, 5.41) is 3.29. The van der Waals surface area contributed by atoms with Crippen molar-refractivity contribution in [3.8, 4) is 0 Å². The van der Waals surface area contributed by atoms with Gasteiger partial charge in [-0.25, -0.2) is 17.9 Å². The molecule has 0 saturated carbocycles. The summed E-state index contributed by atoms with van der Waals surface area (Å²) in [5.74, 6) is -0.0939. The Labute approximate surface area is 147 Å². The molecule has 0 spiro atoms. The summed E-state index contributed by atoms with van der Waals surface area (Å²) in [6.45, 7) is 2.30. The van der Waals surface area contributed by atoms with Gasteiger partial charge >= 0.3 is 5.97 Å². The van der Waals surface area contributed by atoms with Gasteiger partial charge in [-0.2, -0.15) is 0 Å². The number of ether oxygens (including phenoxy) is 1. The van der Waals surface area contributed by atoms with Crippen molar-refractivity contribution in [2.24, 2.45) is 5.92 Å². The molecule has 0 bridgehead atoms. The molecule has 0 aromatic heterocycles. The van der Waals surface area contributed by atoms with Gasteiger partial charge in [-0.15, -0.1) is 12.4 Å². The number of sulfonamides is 1. The second-order valence-corrected chi connectivity index (χ2v) is 7.35. The zero-order chi connectivity index (χ0) is 16.2. The maximum absolute atomic E-state index is 12.2. The first-order chi connectivity index (χ1) is 10.4. The summed E-state index contributed by atoms with van der Waals surface area (Å²) in [6, 6.07) is 3.95. The Morgan fingerprint density at radius 2 is 2.22 bits per heavy atom. The van der Waals surface area contributed by atoms with E-state index in [1.54, 1.807) is 0 Å². The summed E-state index contributed by atoms with van der Waals surface area (Å²) in [7, 11) is -2.39. The largest absolute Gasteiger partial charge is 0.465 e.